The molecular weight excluding hydrogens is 362 g/mol. The molecule has 7 heteroatoms. The molecule has 0 spiro atoms. The number of methoxy groups -OCH3 is 4. The second-order valence-electron chi connectivity index (χ2n) is 5.68. The predicted molar refractivity (Wildman–Crippen MR) is 106 cm³/mol. The molecule has 0 aliphatic carbocycles. The Bertz CT molecular complexity index is 809. The Balaban J connectivity index is 2.14. The molecule has 1 N–H and O–H groups in total. The zero-order chi connectivity index (χ0) is 20.5. The van der Waals surface area contributed by atoms with E-state index in [2.05, 4.69) is 11.9 Å². The van der Waals surface area contributed by atoms with E-state index in [9.17, 15) is 4.79 Å². The maximum absolute atomic E-state index is 12.5. The Labute approximate surface area is 164 Å². The molecule has 2 rings (SSSR count). The number of nitrogens with one attached hydrogen (secondary N) is 1. The molecular formula is C21H25NO6. The van der Waals surface area contributed by atoms with Crippen molar-refractivity contribution in [3.8, 4) is 28.7 Å². The summed E-state index contributed by atoms with van der Waals surface area (Å²) >= 11 is 0. The summed E-state index contributed by atoms with van der Waals surface area (Å²) < 4.78 is 26.8. The van der Waals surface area contributed by atoms with E-state index in [1.807, 2.05) is 0 Å². The molecule has 150 valence electrons. The van der Waals surface area contributed by atoms with Crippen LogP contribution in [0.5, 0.6) is 28.7 Å². The highest BCUT2D eigenvalue weighted by atomic mass is 16.5. The number of rotatable bonds is 10. The highest BCUT2D eigenvalue weighted by Crippen LogP contribution is 2.38. The van der Waals surface area contributed by atoms with E-state index in [0.29, 0.717) is 40.9 Å². The van der Waals surface area contributed by atoms with Crippen LogP contribution in [0.3, 0.4) is 0 Å². The van der Waals surface area contributed by atoms with Crippen molar-refractivity contribution in [3.63, 3.8) is 0 Å². The third kappa shape index (κ3) is 4.88. The summed E-state index contributed by atoms with van der Waals surface area (Å²) in [5.41, 5.74) is 1.26. The fourth-order valence-corrected chi connectivity index (χ4v) is 2.60. The Morgan fingerprint density at radius 1 is 0.929 bits per heavy atom. The van der Waals surface area contributed by atoms with Crippen LogP contribution in [0.1, 0.15) is 15.9 Å². The van der Waals surface area contributed by atoms with Gasteiger partial charge in [-0.05, 0) is 35.9 Å². The van der Waals surface area contributed by atoms with Gasteiger partial charge in [0.15, 0.2) is 23.0 Å². The molecule has 0 radical (unpaired) electrons. The molecule has 7 nitrogen and oxygen atoms in total. The number of hydrogen-bond acceptors (Lipinski definition) is 6. The minimum atomic E-state index is -0.248. The van der Waals surface area contributed by atoms with Crippen LogP contribution in [0.4, 0.5) is 0 Å². The summed E-state index contributed by atoms with van der Waals surface area (Å²) in [5, 5.41) is 2.87. The molecule has 0 saturated carbocycles. The van der Waals surface area contributed by atoms with Crippen molar-refractivity contribution in [3.05, 3.63) is 54.1 Å². The molecule has 0 aliphatic heterocycles. The van der Waals surface area contributed by atoms with E-state index in [1.165, 1.54) is 14.2 Å². The van der Waals surface area contributed by atoms with E-state index in [0.717, 1.165) is 5.56 Å². The number of carbonyl (C=O) groups is 1. The average molecular weight is 387 g/mol. The SMILES string of the molecule is C=CCOc1ccc(C(=O)NCc2cc(OC)c(OC)c(OC)c2)cc1OC. The fourth-order valence-electron chi connectivity index (χ4n) is 2.60. The number of benzene rings is 2. The van der Waals surface area contributed by atoms with Crippen LogP contribution in [0.2, 0.25) is 0 Å². The summed E-state index contributed by atoms with van der Waals surface area (Å²) in [6, 6.07) is 8.56. The highest BCUT2D eigenvalue weighted by molar-refractivity contribution is 5.94. The molecule has 28 heavy (non-hydrogen) atoms. The normalized spacial score (nSPS) is 10.0. The molecule has 0 aliphatic rings. The first-order valence-corrected chi connectivity index (χ1v) is 8.56. The first kappa shape index (κ1) is 21.0. The first-order valence-electron chi connectivity index (χ1n) is 8.56. The minimum absolute atomic E-state index is 0.248. The van der Waals surface area contributed by atoms with Crippen molar-refractivity contribution >= 4 is 5.91 Å². The van der Waals surface area contributed by atoms with Crippen molar-refractivity contribution in [1.82, 2.24) is 5.32 Å². The van der Waals surface area contributed by atoms with Crippen LogP contribution in [-0.4, -0.2) is 41.0 Å². The van der Waals surface area contributed by atoms with Gasteiger partial charge in [-0.1, -0.05) is 12.7 Å². The number of amides is 1. The van der Waals surface area contributed by atoms with Gasteiger partial charge in [0.25, 0.3) is 5.91 Å². The monoisotopic (exact) mass is 387 g/mol. The Morgan fingerprint density at radius 3 is 2.11 bits per heavy atom. The van der Waals surface area contributed by atoms with Crippen molar-refractivity contribution < 1.29 is 28.5 Å². The third-order valence-electron chi connectivity index (χ3n) is 3.96. The van der Waals surface area contributed by atoms with Gasteiger partial charge in [0.05, 0.1) is 28.4 Å². The Hall–Kier alpha value is -3.35. The average Bonchev–Trinajstić information content (AvgIpc) is 2.74. The summed E-state index contributed by atoms with van der Waals surface area (Å²) in [7, 11) is 6.15. The molecule has 0 fully saturated rings. The lowest BCUT2D eigenvalue weighted by atomic mass is 10.1. The number of ether oxygens (including phenoxy) is 5. The molecule has 2 aromatic rings. The van der Waals surface area contributed by atoms with Crippen molar-refractivity contribution in [2.24, 2.45) is 0 Å². The lowest BCUT2D eigenvalue weighted by Gasteiger charge is -2.15. The maximum atomic E-state index is 12.5. The van der Waals surface area contributed by atoms with Crippen molar-refractivity contribution in [2.75, 3.05) is 35.0 Å². The van der Waals surface area contributed by atoms with Crippen molar-refractivity contribution in [2.45, 2.75) is 6.54 Å². The standard InChI is InChI=1S/C21H25NO6/c1-6-9-28-16-8-7-15(12-17(16)24-2)21(23)22-13-14-10-18(25-3)20(27-5)19(11-14)26-4/h6-8,10-12H,1,9,13H2,2-5H3,(H,22,23). The van der Waals surface area contributed by atoms with Gasteiger partial charge in [-0.2, -0.15) is 0 Å². The minimum Gasteiger partial charge on any atom is -0.493 e. The summed E-state index contributed by atoms with van der Waals surface area (Å²) in [4.78, 5) is 12.5. The highest BCUT2D eigenvalue weighted by Gasteiger charge is 2.15. The Kier molecular flexibility index (Phi) is 7.56. The molecule has 0 unspecified atom stereocenters. The third-order valence-corrected chi connectivity index (χ3v) is 3.96. The summed E-state index contributed by atoms with van der Waals surface area (Å²) in [6.45, 7) is 4.24. The second-order valence-corrected chi connectivity index (χ2v) is 5.68. The van der Waals surface area contributed by atoms with Gasteiger partial charge < -0.3 is 29.0 Å². The van der Waals surface area contributed by atoms with Gasteiger partial charge in [-0.15, -0.1) is 0 Å². The van der Waals surface area contributed by atoms with Crippen LogP contribution in [0.25, 0.3) is 0 Å². The van der Waals surface area contributed by atoms with Crippen LogP contribution in [0.15, 0.2) is 43.0 Å². The second kappa shape index (κ2) is 10.1. The smallest absolute Gasteiger partial charge is 0.251 e. The topological polar surface area (TPSA) is 75.3 Å². The molecule has 0 heterocycles. The molecule has 0 aromatic heterocycles. The van der Waals surface area contributed by atoms with Gasteiger partial charge in [-0.25, -0.2) is 0 Å². The quantitative estimate of drug-likeness (QED) is 0.631. The fraction of sp³-hybridized carbons (Fsp3) is 0.286. The Morgan fingerprint density at radius 2 is 1.57 bits per heavy atom. The first-order chi connectivity index (χ1) is 13.6. The zero-order valence-electron chi connectivity index (χ0n) is 16.5. The maximum Gasteiger partial charge on any atom is 0.251 e. The van der Waals surface area contributed by atoms with E-state index >= 15 is 0 Å². The van der Waals surface area contributed by atoms with Crippen LogP contribution >= 0.6 is 0 Å². The van der Waals surface area contributed by atoms with Gasteiger partial charge in [0.1, 0.15) is 6.61 Å². The number of hydrogen-bond donors (Lipinski definition) is 1. The van der Waals surface area contributed by atoms with Gasteiger partial charge >= 0.3 is 0 Å². The van der Waals surface area contributed by atoms with Crippen molar-refractivity contribution in [1.29, 1.82) is 0 Å². The summed E-state index contributed by atoms with van der Waals surface area (Å²) in [6.07, 6.45) is 1.64. The van der Waals surface area contributed by atoms with Crippen LogP contribution in [0, 0.1) is 0 Å². The van der Waals surface area contributed by atoms with E-state index in [-0.39, 0.29) is 12.5 Å². The van der Waals surface area contributed by atoms with E-state index in [4.69, 9.17) is 23.7 Å². The van der Waals surface area contributed by atoms with E-state index in [1.54, 1.807) is 50.6 Å². The molecule has 1 amide bonds. The largest absolute Gasteiger partial charge is 0.493 e. The lowest BCUT2D eigenvalue weighted by molar-refractivity contribution is 0.0950. The van der Waals surface area contributed by atoms with Crippen LogP contribution in [-0.2, 0) is 6.54 Å². The van der Waals surface area contributed by atoms with Gasteiger partial charge in [-0.3, -0.25) is 4.79 Å². The van der Waals surface area contributed by atoms with Crippen LogP contribution < -0.4 is 29.0 Å². The molecule has 0 saturated heterocycles. The van der Waals surface area contributed by atoms with Gasteiger partial charge in [0, 0.05) is 12.1 Å². The van der Waals surface area contributed by atoms with E-state index < -0.39 is 0 Å². The molecule has 2 aromatic carbocycles. The summed E-state index contributed by atoms with van der Waals surface area (Å²) in [5.74, 6) is 2.32. The lowest BCUT2D eigenvalue weighted by Crippen LogP contribution is -2.23. The zero-order valence-corrected chi connectivity index (χ0v) is 16.5. The predicted octanol–water partition coefficient (Wildman–Crippen LogP) is 3.22. The molecule has 0 atom stereocenters. The van der Waals surface area contributed by atoms with Gasteiger partial charge in [0.2, 0.25) is 5.75 Å². The number of carbonyl (C=O) groups excluding carboxylic acids is 1. The molecule has 0 bridgehead atoms.